The smallest absolute Gasteiger partial charge is 0.0462 e. The Hall–Kier alpha value is -0.0400. The highest BCUT2D eigenvalue weighted by molar-refractivity contribution is 4.79. The molecule has 0 aromatic heterocycles. The SMILES string of the molecule is COCCCC1(C)CCCC1. The van der Waals surface area contributed by atoms with Gasteiger partial charge in [-0.1, -0.05) is 19.8 Å². The molecule has 1 nitrogen and oxygen atoms in total. The number of hydrogen-bond acceptors (Lipinski definition) is 1. The first-order valence-electron chi connectivity index (χ1n) is 4.76. The van der Waals surface area contributed by atoms with E-state index in [1.165, 1.54) is 38.5 Å². The van der Waals surface area contributed by atoms with Crippen LogP contribution >= 0.6 is 0 Å². The third kappa shape index (κ3) is 2.82. The molecule has 1 saturated carbocycles. The molecule has 0 amide bonds. The first-order chi connectivity index (χ1) is 5.27. The Kier molecular flexibility index (Phi) is 3.38. The van der Waals surface area contributed by atoms with E-state index in [1.54, 1.807) is 7.11 Å². The number of ether oxygens (including phenoxy) is 1. The minimum atomic E-state index is 0.665. The highest BCUT2D eigenvalue weighted by atomic mass is 16.5. The van der Waals surface area contributed by atoms with E-state index < -0.39 is 0 Å². The maximum Gasteiger partial charge on any atom is 0.0462 e. The minimum absolute atomic E-state index is 0.665. The predicted molar refractivity (Wildman–Crippen MR) is 47.7 cm³/mol. The zero-order valence-corrected chi connectivity index (χ0v) is 7.86. The van der Waals surface area contributed by atoms with Gasteiger partial charge in [-0.05, 0) is 31.1 Å². The number of hydrogen-bond donors (Lipinski definition) is 0. The van der Waals surface area contributed by atoms with Crippen molar-refractivity contribution in [3.05, 3.63) is 0 Å². The van der Waals surface area contributed by atoms with Crippen LogP contribution in [-0.4, -0.2) is 13.7 Å². The molecule has 1 heteroatoms. The lowest BCUT2D eigenvalue weighted by molar-refractivity contribution is 0.172. The molecule has 0 radical (unpaired) electrons. The Labute approximate surface area is 70.1 Å². The summed E-state index contributed by atoms with van der Waals surface area (Å²) in [6.07, 6.45) is 8.38. The van der Waals surface area contributed by atoms with Crippen LogP contribution in [0.2, 0.25) is 0 Å². The average molecular weight is 156 g/mol. The second-order valence-electron chi connectivity index (χ2n) is 4.11. The quantitative estimate of drug-likeness (QED) is 0.568. The minimum Gasteiger partial charge on any atom is -0.385 e. The fourth-order valence-corrected chi connectivity index (χ4v) is 2.12. The van der Waals surface area contributed by atoms with Gasteiger partial charge in [-0.25, -0.2) is 0 Å². The summed E-state index contributed by atoms with van der Waals surface area (Å²) in [5.74, 6) is 0. The molecule has 0 aromatic rings. The van der Waals surface area contributed by atoms with Crippen molar-refractivity contribution in [2.24, 2.45) is 5.41 Å². The molecule has 0 aliphatic heterocycles. The van der Waals surface area contributed by atoms with Crippen LogP contribution in [-0.2, 0) is 4.74 Å². The summed E-state index contributed by atoms with van der Waals surface area (Å²) in [5, 5.41) is 0. The lowest BCUT2D eigenvalue weighted by atomic mass is 9.84. The molecular weight excluding hydrogens is 136 g/mol. The van der Waals surface area contributed by atoms with Crippen LogP contribution in [0.5, 0.6) is 0 Å². The summed E-state index contributed by atoms with van der Waals surface area (Å²) in [6.45, 7) is 3.37. The van der Waals surface area contributed by atoms with E-state index in [-0.39, 0.29) is 0 Å². The van der Waals surface area contributed by atoms with Crippen molar-refractivity contribution in [1.82, 2.24) is 0 Å². The van der Waals surface area contributed by atoms with Crippen LogP contribution in [0.15, 0.2) is 0 Å². The zero-order chi connectivity index (χ0) is 8.16. The van der Waals surface area contributed by atoms with Crippen molar-refractivity contribution in [2.45, 2.75) is 45.4 Å². The monoisotopic (exact) mass is 156 g/mol. The van der Waals surface area contributed by atoms with Gasteiger partial charge in [-0.15, -0.1) is 0 Å². The third-order valence-corrected chi connectivity index (χ3v) is 2.94. The van der Waals surface area contributed by atoms with Crippen LogP contribution in [0.25, 0.3) is 0 Å². The van der Waals surface area contributed by atoms with E-state index in [0.717, 1.165) is 6.61 Å². The van der Waals surface area contributed by atoms with Crippen LogP contribution in [0.1, 0.15) is 45.4 Å². The molecule has 0 atom stereocenters. The normalized spacial score (nSPS) is 22.4. The Morgan fingerprint density at radius 2 is 1.91 bits per heavy atom. The summed E-state index contributed by atoms with van der Waals surface area (Å²) < 4.78 is 5.05. The van der Waals surface area contributed by atoms with Crippen molar-refractivity contribution in [2.75, 3.05) is 13.7 Å². The number of rotatable bonds is 4. The van der Waals surface area contributed by atoms with Crippen molar-refractivity contribution >= 4 is 0 Å². The van der Waals surface area contributed by atoms with E-state index in [0.29, 0.717) is 5.41 Å². The van der Waals surface area contributed by atoms with Crippen LogP contribution in [0.3, 0.4) is 0 Å². The van der Waals surface area contributed by atoms with Crippen LogP contribution < -0.4 is 0 Å². The molecule has 1 rings (SSSR count). The van der Waals surface area contributed by atoms with E-state index in [2.05, 4.69) is 6.92 Å². The second-order valence-corrected chi connectivity index (χ2v) is 4.11. The molecule has 11 heavy (non-hydrogen) atoms. The van der Waals surface area contributed by atoms with Gasteiger partial charge in [0.05, 0.1) is 0 Å². The van der Waals surface area contributed by atoms with Gasteiger partial charge in [0.1, 0.15) is 0 Å². The van der Waals surface area contributed by atoms with Crippen LogP contribution in [0, 0.1) is 5.41 Å². The van der Waals surface area contributed by atoms with Crippen molar-refractivity contribution < 1.29 is 4.74 Å². The van der Waals surface area contributed by atoms with Gasteiger partial charge in [-0.2, -0.15) is 0 Å². The molecule has 0 bridgehead atoms. The zero-order valence-electron chi connectivity index (χ0n) is 7.86. The van der Waals surface area contributed by atoms with Crippen LogP contribution in [0.4, 0.5) is 0 Å². The van der Waals surface area contributed by atoms with Gasteiger partial charge in [0.15, 0.2) is 0 Å². The molecule has 0 saturated heterocycles. The van der Waals surface area contributed by atoms with E-state index in [4.69, 9.17) is 4.74 Å². The topological polar surface area (TPSA) is 9.23 Å². The van der Waals surface area contributed by atoms with Crippen molar-refractivity contribution in [1.29, 1.82) is 0 Å². The second kappa shape index (κ2) is 4.10. The molecule has 0 aromatic carbocycles. The molecule has 66 valence electrons. The van der Waals surface area contributed by atoms with E-state index in [9.17, 15) is 0 Å². The predicted octanol–water partition coefficient (Wildman–Crippen LogP) is 2.99. The fraction of sp³-hybridized carbons (Fsp3) is 1.00. The lowest BCUT2D eigenvalue weighted by Crippen LogP contribution is -2.11. The highest BCUT2D eigenvalue weighted by Gasteiger charge is 2.27. The average Bonchev–Trinajstić information content (AvgIpc) is 2.38. The van der Waals surface area contributed by atoms with E-state index in [1.807, 2.05) is 0 Å². The van der Waals surface area contributed by atoms with Gasteiger partial charge in [-0.3, -0.25) is 0 Å². The molecular formula is C10H20O. The maximum atomic E-state index is 5.05. The standard InChI is InChI=1S/C10H20O/c1-10(6-3-4-7-10)8-5-9-11-2/h3-9H2,1-2H3. The maximum absolute atomic E-state index is 5.05. The Balaban J connectivity index is 2.13. The van der Waals surface area contributed by atoms with Gasteiger partial charge in [0, 0.05) is 13.7 Å². The van der Waals surface area contributed by atoms with Gasteiger partial charge >= 0.3 is 0 Å². The summed E-state index contributed by atoms with van der Waals surface area (Å²) in [7, 11) is 1.79. The Morgan fingerprint density at radius 1 is 1.27 bits per heavy atom. The third-order valence-electron chi connectivity index (χ3n) is 2.94. The fourth-order valence-electron chi connectivity index (χ4n) is 2.12. The molecule has 0 unspecified atom stereocenters. The van der Waals surface area contributed by atoms with Gasteiger partial charge < -0.3 is 4.74 Å². The number of methoxy groups -OCH3 is 1. The summed E-state index contributed by atoms with van der Waals surface area (Å²) in [5.41, 5.74) is 0.665. The highest BCUT2D eigenvalue weighted by Crippen LogP contribution is 2.41. The summed E-state index contributed by atoms with van der Waals surface area (Å²) in [6, 6.07) is 0. The molecule has 0 heterocycles. The molecule has 1 fully saturated rings. The molecule has 1 aliphatic carbocycles. The Morgan fingerprint density at radius 3 is 2.45 bits per heavy atom. The summed E-state index contributed by atoms with van der Waals surface area (Å²) in [4.78, 5) is 0. The molecule has 1 aliphatic rings. The summed E-state index contributed by atoms with van der Waals surface area (Å²) >= 11 is 0. The van der Waals surface area contributed by atoms with Crippen molar-refractivity contribution in [3.63, 3.8) is 0 Å². The largest absolute Gasteiger partial charge is 0.385 e. The first-order valence-corrected chi connectivity index (χ1v) is 4.76. The van der Waals surface area contributed by atoms with E-state index >= 15 is 0 Å². The Bertz CT molecular complexity index is 103. The lowest BCUT2D eigenvalue weighted by Gasteiger charge is -2.22. The van der Waals surface area contributed by atoms with Gasteiger partial charge in [0.2, 0.25) is 0 Å². The van der Waals surface area contributed by atoms with Crippen molar-refractivity contribution in [3.8, 4) is 0 Å². The molecule has 0 spiro atoms. The van der Waals surface area contributed by atoms with Gasteiger partial charge in [0.25, 0.3) is 0 Å². The molecule has 0 N–H and O–H groups in total. The first kappa shape index (κ1) is 9.05.